The first-order valence-corrected chi connectivity index (χ1v) is 31.8. The van der Waals surface area contributed by atoms with Crippen molar-refractivity contribution in [1.82, 2.24) is 44.9 Å². The van der Waals surface area contributed by atoms with Gasteiger partial charge in [-0.25, -0.2) is 19.3 Å². The first kappa shape index (κ1) is 67.9. The predicted molar refractivity (Wildman–Crippen MR) is 338 cm³/mol. The maximum atomic E-state index is 16.3. The number of amides is 4. The number of H-pyrrole nitrogens is 1. The monoisotopic (exact) mass is 1280 g/mol. The lowest BCUT2D eigenvalue weighted by atomic mass is 9.76. The number of nitrogens with zero attached hydrogens (tertiary/aromatic N) is 9. The van der Waals surface area contributed by atoms with Gasteiger partial charge < -0.3 is 49.8 Å². The normalized spacial score (nSPS) is 19.8. The molecule has 3 aromatic heterocycles. The van der Waals surface area contributed by atoms with E-state index in [2.05, 4.69) is 40.4 Å². The number of likely N-dealkylation sites (tertiary alicyclic amines) is 1. The van der Waals surface area contributed by atoms with Crippen molar-refractivity contribution in [3.63, 3.8) is 0 Å². The highest BCUT2D eigenvalue weighted by atomic mass is 32.1. The number of aliphatic hydroxyl groups excluding tert-OH is 1. The minimum atomic E-state index is -4.98. The Bertz CT molecular complexity index is 3470. The van der Waals surface area contributed by atoms with E-state index >= 15 is 4.39 Å². The fourth-order valence-corrected chi connectivity index (χ4v) is 12.9. The second-order valence-electron chi connectivity index (χ2n) is 25.1. The molecule has 7 heterocycles. The number of nitrogens with one attached hydrogen (secondary N) is 3. The number of hydrogen-bond donors (Lipinski definition) is 4. The van der Waals surface area contributed by atoms with E-state index in [1.54, 1.807) is 29.2 Å². The highest BCUT2D eigenvalue weighted by Crippen LogP contribution is 2.39. The van der Waals surface area contributed by atoms with Gasteiger partial charge in [-0.2, -0.15) is 13.2 Å². The summed E-state index contributed by atoms with van der Waals surface area (Å²) in [6.07, 6.45) is 0.970. The molecule has 3 fully saturated rings. The molecular formula is C65H82F4N12O9S. The van der Waals surface area contributed by atoms with Crippen molar-refractivity contribution in [2.24, 2.45) is 11.3 Å². The van der Waals surface area contributed by atoms with Crippen LogP contribution in [0.3, 0.4) is 0 Å². The van der Waals surface area contributed by atoms with Crippen LogP contribution in [-0.4, -0.2) is 191 Å². The summed E-state index contributed by atoms with van der Waals surface area (Å²) >= 11 is 1.56. The Balaban J connectivity index is 0.672. The molecule has 4 aliphatic heterocycles. The molecule has 0 saturated carbocycles. The van der Waals surface area contributed by atoms with Crippen LogP contribution in [0.5, 0.6) is 0 Å². The SMILES string of the molecule is Cc1ncsc1-c1ccc(CNC(=O)[C@@H]2C[C@@H](O)CN2C(=O)[C@@H](CC(=O)CCOCCOCCC(=O)N2CCN(Cc3cnc(N4CC=C(c5cc(NC(=O)c6c[nH]c(=O)cc6C(F)(F)F)c(N6C[C@@H](C)N(C)[C@@H](C)C6)cc5F)CC4)nc3)CC2)C(C)(C)C)cc1. The first-order chi connectivity index (χ1) is 43.3. The fourth-order valence-electron chi connectivity index (χ4n) is 12.0. The molecule has 0 radical (unpaired) electrons. The maximum absolute atomic E-state index is 16.3. The number of carbonyl (C=O) groups is 5. The number of thiazole rings is 1. The zero-order chi connectivity index (χ0) is 65.3. The Morgan fingerprint density at radius 3 is 2.16 bits per heavy atom. The number of pyridine rings is 1. The van der Waals surface area contributed by atoms with E-state index in [4.69, 9.17) is 9.47 Å². The second-order valence-corrected chi connectivity index (χ2v) is 26.0. The molecule has 5 aromatic rings. The minimum Gasteiger partial charge on any atom is -0.391 e. The van der Waals surface area contributed by atoms with Crippen molar-refractivity contribution in [2.75, 3.05) is 107 Å². The summed E-state index contributed by atoms with van der Waals surface area (Å²) in [5.74, 6) is -2.79. The standard InChI is InChI=1S/C65H82F4N12O9S/c1-40-35-80(36-41(2)76(40)7)55-30-53(66)49(28-54(55)75-60(86)50-34-70-57(84)29-51(50)65(67,68)69)45-12-16-79(17-13-45)63-72-32-44(33-73-63)37-77-18-20-78(21-19-77)58(85)15-23-90-25-24-89-22-14-47(82)26-52(64(4,5)6)62(88)81-38-48(83)27-56(81)61(87)71-31-43-8-10-46(11-9-43)59-42(3)74-39-91-59/h8-12,28-30,32-34,39-41,48,52,56,83H,13-27,31,35-38H2,1-7H3,(H,70,84)(H,71,87)(H,75,86)/t40-,41+,48-,52-,56+/m1/s1. The quantitative estimate of drug-likeness (QED) is 0.0374. The van der Waals surface area contributed by atoms with E-state index in [1.165, 1.54) is 17.0 Å². The molecule has 9 rings (SSSR count). The highest BCUT2D eigenvalue weighted by molar-refractivity contribution is 7.13. The average molecular weight is 1280 g/mol. The van der Waals surface area contributed by atoms with Gasteiger partial charge in [0.25, 0.3) is 5.91 Å². The van der Waals surface area contributed by atoms with Crippen LogP contribution in [0.2, 0.25) is 0 Å². The number of aromatic nitrogens is 4. The minimum absolute atomic E-state index is 0.00146. The Labute approximate surface area is 531 Å². The van der Waals surface area contributed by atoms with Gasteiger partial charge in [-0.3, -0.25) is 38.6 Å². The zero-order valence-electron chi connectivity index (χ0n) is 52.6. The third-order valence-corrected chi connectivity index (χ3v) is 18.6. The molecule has 0 spiro atoms. The number of hydrogen-bond acceptors (Lipinski definition) is 17. The number of likely N-dealkylation sites (N-methyl/N-ethyl adjacent to an activating group) is 1. The van der Waals surface area contributed by atoms with E-state index in [9.17, 15) is 47.0 Å². The first-order valence-electron chi connectivity index (χ1n) is 30.9. The molecule has 0 bridgehead atoms. The summed E-state index contributed by atoms with van der Waals surface area (Å²) in [6.45, 7) is 17.3. The van der Waals surface area contributed by atoms with Crippen LogP contribution in [0.25, 0.3) is 16.0 Å². The number of benzene rings is 2. The lowest BCUT2D eigenvalue weighted by Gasteiger charge is -2.44. The number of piperazine rings is 2. The Morgan fingerprint density at radius 1 is 0.857 bits per heavy atom. The van der Waals surface area contributed by atoms with Gasteiger partial charge in [0.1, 0.15) is 17.6 Å². The molecule has 4 amide bonds. The Morgan fingerprint density at radius 2 is 1.54 bits per heavy atom. The van der Waals surface area contributed by atoms with Crippen molar-refractivity contribution < 1.29 is 56.1 Å². The molecule has 2 aromatic carbocycles. The molecule has 91 heavy (non-hydrogen) atoms. The molecule has 0 aliphatic carbocycles. The molecule has 21 nitrogen and oxygen atoms in total. The van der Waals surface area contributed by atoms with Crippen LogP contribution < -0.4 is 26.0 Å². The lowest BCUT2D eigenvalue weighted by molar-refractivity contribution is -0.146. The summed E-state index contributed by atoms with van der Waals surface area (Å²) in [6, 6.07) is 10.2. The number of rotatable bonds is 23. The van der Waals surface area contributed by atoms with Crippen molar-refractivity contribution in [3.05, 3.63) is 122 Å². The molecule has 0 unspecified atom stereocenters. The summed E-state index contributed by atoms with van der Waals surface area (Å²) in [5, 5.41) is 16.2. The van der Waals surface area contributed by atoms with E-state index in [-0.39, 0.29) is 112 Å². The number of halogens is 4. The van der Waals surface area contributed by atoms with Crippen LogP contribution >= 0.6 is 11.3 Å². The van der Waals surface area contributed by atoms with Crippen LogP contribution in [0.1, 0.15) is 105 Å². The highest BCUT2D eigenvalue weighted by Gasteiger charge is 2.45. The number of anilines is 3. The van der Waals surface area contributed by atoms with Gasteiger partial charge in [0, 0.05) is 145 Å². The number of ether oxygens (including phenoxy) is 2. The molecule has 4 aliphatic rings. The summed E-state index contributed by atoms with van der Waals surface area (Å²) in [4.78, 5) is 108. The van der Waals surface area contributed by atoms with Gasteiger partial charge in [-0.1, -0.05) is 51.1 Å². The number of aromatic amines is 1. The predicted octanol–water partition coefficient (Wildman–Crippen LogP) is 7.19. The third-order valence-electron chi connectivity index (χ3n) is 17.6. The Hall–Kier alpha value is -7.49. The number of carbonyl (C=O) groups excluding carboxylic acids is 5. The maximum Gasteiger partial charge on any atom is 0.417 e. The topological polar surface area (TPSA) is 239 Å². The molecule has 490 valence electrons. The number of alkyl halides is 3. The molecule has 26 heteroatoms. The summed E-state index contributed by atoms with van der Waals surface area (Å²) in [7, 11) is 1.98. The summed E-state index contributed by atoms with van der Waals surface area (Å²) in [5.41, 5.74) is 3.08. The van der Waals surface area contributed by atoms with Crippen molar-refractivity contribution in [2.45, 2.75) is 117 Å². The van der Waals surface area contributed by atoms with Crippen LogP contribution in [0.15, 0.2) is 77.4 Å². The van der Waals surface area contributed by atoms with E-state index in [1.807, 2.05) is 93.6 Å². The van der Waals surface area contributed by atoms with Crippen LogP contribution in [-0.2, 0) is 47.9 Å². The van der Waals surface area contributed by atoms with Crippen molar-refractivity contribution in [3.8, 4) is 10.4 Å². The average Bonchev–Trinajstić information content (AvgIpc) is 1.29. The van der Waals surface area contributed by atoms with Crippen LogP contribution in [0.4, 0.5) is 34.9 Å². The van der Waals surface area contributed by atoms with Gasteiger partial charge in [0.05, 0.1) is 77.5 Å². The Kier molecular flexibility index (Phi) is 22.3. The molecule has 3 saturated heterocycles. The van der Waals surface area contributed by atoms with E-state index < -0.39 is 58.1 Å². The largest absolute Gasteiger partial charge is 0.417 e. The zero-order valence-corrected chi connectivity index (χ0v) is 53.4. The van der Waals surface area contributed by atoms with Gasteiger partial charge in [0.15, 0.2) is 0 Å². The third kappa shape index (κ3) is 17.4. The molecule has 4 N–H and O–H groups in total. The van der Waals surface area contributed by atoms with Crippen molar-refractivity contribution in [1.29, 1.82) is 0 Å². The van der Waals surface area contributed by atoms with Crippen LogP contribution in [0, 0.1) is 24.1 Å². The summed E-state index contributed by atoms with van der Waals surface area (Å²) < 4.78 is 69.8. The van der Waals surface area contributed by atoms with E-state index in [0.29, 0.717) is 88.6 Å². The van der Waals surface area contributed by atoms with Gasteiger partial charge >= 0.3 is 6.18 Å². The van der Waals surface area contributed by atoms with Gasteiger partial charge in [-0.05, 0) is 68.5 Å². The van der Waals surface area contributed by atoms with Crippen molar-refractivity contribution >= 4 is 63.6 Å². The smallest absolute Gasteiger partial charge is 0.391 e. The van der Waals surface area contributed by atoms with E-state index in [0.717, 1.165) is 33.5 Å². The van der Waals surface area contributed by atoms with Gasteiger partial charge in [0.2, 0.25) is 29.2 Å². The molecular weight excluding hydrogens is 1200 g/mol. The number of ketones is 1. The number of Topliss-reactive ketones (excluding diaryl/α,β-unsaturated/α-hetero) is 1. The number of β-amino-alcohol motifs (C(OH)–C–C–N with tert-alkyl or cyclic N) is 1. The lowest BCUT2D eigenvalue weighted by Crippen LogP contribution is -2.55. The molecule has 5 atom stereocenters. The number of aliphatic hydroxyl groups is 1. The van der Waals surface area contributed by atoms with Gasteiger partial charge in [-0.15, -0.1) is 11.3 Å². The fraction of sp³-hybridized carbons (Fsp3) is 0.523. The number of aryl methyl sites for hydroxylation is 1. The second kappa shape index (κ2) is 29.9.